The first-order valence-electron chi connectivity index (χ1n) is 10.1. The van der Waals surface area contributed by atoms with Gasteiger partial charge in [-0.1, -0.05) is 11.6 Å². The molecule has 1 spiro atoms. The number of allylic oxidation sites excluding steroid dienone is 1. The number of nitrogens with one attached hydrogen (secondary N) is 1. The molecule has 3 heterocycles. The zero-order valence-corrected chi connectivity index (χ0v) is 15.8. The van der Waals surface area contributed by atoms with Gasteiger partial charge in [-0.15, -0.1) is 0 Å². The molecule has 7 heteroatoms. The average molecular weight is 372 g/mol. The number of ether oxygens (including phenoxy) is 2. The maximum atomic E-state index is 12.7. The van der Waals surface area contributed by atoms with Crippen molar-refractivity contribution in [3.63, 3.8) is 0 Å². The Morgan fingerprint density at radius 3 is 2.56 bits per heavy atom. The van der Waals surface area contributed by atoms with E-state index in [-0.39, 0.29) is 5.91 Å². The van der Waals surface area contributed by atoms with Crippen LogP contribution in [-0.2, 0) is 9.47 Å². The largest absolute Gasteiger partial charge is 0.354 e. The van der Waals surface area contributed by atoms with E-state index in [2.05, 4.69) is 21.4 Å². The van der Waals surface area contributed by atoms with Gasteiger partial charge in [0.1, 0.15) is 0 Å². The van der Waals surface area contributed by atoms with Crippen LogP contribution in [-0.4, -0.2) is 59.4 Å². The van der Waals surface area contributed by atoms with Crippen LogP contribution in [0.5, 0.6) is 0 Å². The third-order valence-electron chi connectivity index (χ3n) is 5.64. The summed E-state index contributed by atoms with van der Waals surface area (Å²) in [5, 5.41) is 3.25. The number of amides is 1. The number of hydrogen-bond acceptors (Lipinski definition) is 6. The second kappa shape index (κ2) is 8.35. The highest BCUT2D eigenvalue weighted by Crippen LogP contribution is 2.31. The number of anilines is 1. The summed E-state index contributed by atoms with van der Waals surface area (Å²) in [7, 11) is 0. The molecule has 4 rings (SSSR count). The molecule has 1 amide bonds. The molecule has 0 unspecified atom stereocenters. The summed E-state index contributed by atoms with van der Waals surface area (Å²) in [6, 6.07) is 0. The molecule has 1 aromatic heterocycles. The fourth-order valence-electron chi connectivity index (χ4n) is 4.02. The van der Waals surface area contributed by atoms with Crippen LogP contribution in [0.15, 0.2) is 24.0 Å². The predicted octanol–water partition coefficient (Wildman–Crippen LogP) is 2.76. The predicted molar refractivity (Wildman–Crippen MR) is 101 cm³/mol. The minimum absolute atomic E-state index is 0.0261. The van der Waals surface area contributed by atoms with Gasteiger partial charge >= 0.3 is 0 Å². The second-order valence-electron chi connectivity index (χ2n) is 7.48. The molecule has 2 saturated heterocycles. The van der Waals surface area contributed by atoms with Crippen molar-refractivity contribution < 1.29 is 14.3 Å². The molecule has 146 valence electrons. The fourth-order valence-corrected chi connectivity index (χ4v) is 4.02. The Kier molecular flexibility index (Phi) is 5.69. The summed E-state index contributed by atoms with van der Waals surface area (Å²) >= 11 is 0. The van der Waals surface area contributed by atoms with Crippen LogP contribution >= 0.6 is 0 Å². The standard InChI is InChI=1S/C20H28N4O3/c25-18(24-10-7-20(8-11-24)26-12-13-27-20)17-14-22-19(23-15-17)21-9-6-16-4-2-1-3-5-16/h4,14-15H,1-3,5-13H2,(H,21,22,23). The molecule has 7 nitrogen and oxygen atoms in total. The summed E-state index contributed by atoms with van der Waals surface area (Å²) in [6.45, 7) is 3.39. The molecule has 0 aromatic carbocycles. The van der Waals surface area contributed by atoms with Crippen LogP contribution < -0.4 is 5.32 Å². The summed E-state index contributed by atoms with van der Waals surface area (Å²) in [5.74, 6) is 0.0875. The Bertz CT molecular complexity index is 673. The van der Waals surface area contributed by atoms with Crippen LogP contribution in [0.1, 0.15) is 55.3 Å². The van der Waals surface area contributed by atoms with E-state index in [9.17, 15) is 4.79 Å². The lowest BCUT2D eigenvalue weighted by Crippen LogP contribution is -2.47. The lowest BCUT2D eigenvalue weighted by Gasteiger charge is -2.37. The van der Waals surface area contributed by atoms with Crippen molar-refractivity contribution in [2.24, 2.45) is 0 Å². The van der Waals surface area contributed by atoms with Crippen molar-refractivity contribution in [3.8, 4) is 0 Å². The number of piperidine rings is 1. The minimum atomic E-state index is -0.463. The number of hydrogen-bond donors (Lipinski definition) is 1. The average Bonchev–Trinajstić information content (AvgIpc) is 3.17. The summed E-state index contributed by atoms with van der Waals surface area (Å²) < 4.78 is 11.4. The molecular formula is C20H28N4O3. The van der Waals surface area contributed by atoms with Gasteiger partial charge in [0.15, 0.2) is 5.79 Å². The smallest absolute Gasteiger partial charge is 0.256 e. The van der Waals surface area contributed by atoms with Gasteiger partial charge in [0, 0.05) is 44.9 Å². The van der Waals surface area contributed by atoms with E-state index < -0.39 is 5.79 Å². The van der Waals surface area contributed by atoms with Crippen molar-refractivity contribution in [2.45, 2.75) is 50.7 Å². The normalized spacial score (nSPS) is 21.9. The molecule has 2 aliphatic heterocycles. The first-order valence-corrected chi connectivity index (χ1v) is 10.1. The second-order valence-corrected chi connectivity index (χ2v) is 7.48. The number of likely N-dealkylation sites (tertiary alicyclic amines) is 1. The van der Waals surface area contributed by atoms with Crippen molar-refractivity contribution in [3.05, 3.63) is 29.6 Å². The molecular weight excluding hydrogens is 344 g/mol. The van der Waals surface area contributed by atoms with Gasteiger partial charge in [0.25, 0.3) is 5.91 Å². The van der Waals surface area contributed by atoms with Gasteiger partial charge in [0.2, 0.25) is 5.95 Å². The number of carbonyl (C=O) groups is 1. The van der Waals surface area contributed by atoms with Gasteiger partial charge in [0.05, 0.1) is 18.8 Å². The summed E-state index contributed by atoms with van der Waals surface area (Å²) in [5.41, 5.74) is 2.05. The van der Waals surface area contributed by atoms with E-state index in [0.717, 1.165) is 25.8 Å². The van der Waals surface area contributed by atoms with E-state index in [4.69, 9.17) is 9.47 Å². The molecule has 27 heavy (non-hydrogen) atoms. The highest BCUT2D eigenvalue weighted by atomic mass is 16.7. The van der Waals surface area contributed by atoms with Crippen molar-refractivity contribution >= 4 is 11.9 Å². The first-order chi connectivity index (χ1) is 13.2. The monoisotopic (exact) mass is 372 g/mol. The quantitative estimate of drug-likeness (QED) is 0.801. The number of carbonyl (C=O) groups excluding carboxylic acids is 1. The van der Waals surface area contributed by atoms with E-state index in [1.54, 1.807) is 12.4 Å². The molecule has 0 bridgehead atoms. The Morgan fingerprint density at radius 1 is 1.15 bits per heavy atom. The maximum absolute atomic E-state index is 12.7. The number of rotatable bonds is 5. The number of aromatic nitrogens is 2. The molecule has 1 aliphatic carbocycles. The van der Waals surface area contributed by atoms with Gasteiger partial charge < -0.3 is 19.7 Å². The lowest BCUT2D eigenvalue weighted by atomic mass is 9.97. The SMILES string of the molecule is O=C(c1cnc(NCCC2=CCCCC2)nc1)N1CCC2(CC1)OCCO2. The molecule has 0 saturated carbocycles. The molecule has 0 atom stereocenters. The number of nitrogens with zero attached hydrogens (tertiary/aromatic N) is 3. The first kappa shape index (κ1) is 18.4. The minimum Gasteiger partial charge on any atom is -0.354 e. The van der Waals surface area contributed by atoms with Crippen LogP contribution in [0.4, 0.5) is 5.95 Å². The van der Waals surface area contributed by atoms with E-state index in [1.807, 2.05) is 4.90 Å². The summed E-state index contributed by atoms with van der Waals surface area (Å²) in [4.78, 5) is 23.1. The van der Waals surface area contributed by atoms with Crippen LogP contribution in [0, 0.1) is 0 Å². The molecule has 3 aliphatic rings. The zero-order valence-electron chi connectivity index (χ0n) is 15.8. The topological polar surface area (TPSA) is 76.6 Å². The van der Waals surface area contributed by atoms with Crippen LogP contribution in [0.3, 0.4) is 0 Å². The maximum Gasteiger partial charge on any atom is 0.256 e. The van der Waals surface area contributed by atoms with Crippen LogP contribution in [0.2, 0.25) is 0 Å². The van der Waals surface area contributed by atoms with Gasteiger partial charge in [-0.25, -0.2) is 9.97 Å². The Labute approximate surface area is 160 Å². The van der Waals surface area contributed by atoms with Gasteiger partial charge in [-0.3, -0.25) is 4.79 Å². The van der Waals surface area contributed by atoms with E-state index >= 15 is 0 Å². The van der Waals surface area contributed by atoms with Gasteiger partial charge in [-0.05, 0) is 32.1 Å². The van der Waals surface area contributed by atoms with E-state index in [0.29, 0.717) is 37.8 Å². The highest BCUT2D eigenvalue weighted by molar-refractivity contribution is 5.93. The third-order valence-corrected chi connectivity index (χ3v) is 5.64. The lowest BCUT2D eigenvalue weighted by molar-refractivity contribution is -0.181. The van der Waals surface area contributed by atoms with Crippen molar-refractivity contribution in [2.75, 3.05) is 38.2 Å². The summed E-state index contributed by atoms with van der Waals surface area (Å²) in [6.07, 6.45) is 13.1. The van der Waals surface area contributed by atoms with Crippen LogP contribution in [0.25, 0.3) is 0 Å². The van der Waals surface area contributed by atoms with Crippen molar-refractivity contribution in [1.29, 1.82) is 0 Å². The Morgan fingerprint density at radius 2 is 1.89 bits per heavy atom. The third kappa shape index (κ3) is 4.47. The molecule has 2 fully saturated rings. The molecule has 1 aromatic rings. The molecule has 0 radical (unpaired) electrons. The zero-order chi connectivity index (χ0) is 18.5. The highest BCUT2D eigenvalue weighted by Gasteiger charge is 2.40. The Hall–Kier alpha value is -1.99. The fraction of sp³-hybridized carbons (Fsp3) is 0.650. The van der Waals surface area contributed by atoms with Crippen molar-refractivity contribution in [1.82, 2.24) is 14.9 Å². The van der Waals surface area contributed by atoms with E-state index in [1.165, 1.54) is 31.3 Å². The van der Waals surface area contributed by atoms with Gasteiger partial charge in [-0.2, -0.15) is 0 Å². The molecule has 1 N–H and O–H groups in total. The Balaban J connectivity index is 1.25.